The number of nitrogens with two attached hydrogens (primary N) is 1. The van der Waals surface area contributed by atoms with E-state index in [0.717, 1.165) is 17.7 Å². The number of carboxylic acids is 1. The number of aryl methyl sites for hydroxylation is 1. The highest BCUT2D eigenvalue weighted by atomic mass is 16.4. The van der Waals surface area contributed by atoms with Crippen LogP contribution in [0, 0.1) is 18.8 Å². The molecule has 0 heterocycles. The molecular formula is C15H22N2O2. The van der Waals surface area contributed by atoms with Crippen molar-refractivity contribution >= 4 is 17.3 Å². The van der Waals surface area contributed by atoms with Crippen molar-refractivity contribution in [1.82, 2.24) is 0 Å². The van der Waals surface area contributed by atoms with Crippen LogP contribution in [0.4, 0.5) is 11.4 Å². The number of nitrogens with one attached hydrogen (secondary N) is 1. The number of rotatable bonds is 3. The standard InChI is InChI=1S/C15H22N2O2/c1-8-4-5-13(10(8)3)17-11-6-9(2)14(16)12(7-11)15(18)19/h6-8,10,13,17H,4-5,16H2,1-3H3,(H,18,19). The van der Waals surface area contributed by atoms with Gasteiger partial charge in [0.1, 0.15) is 0 Å². The normalized spacial score (nSPS) is 26.4. The summed E-state index contributed by atoms with van der Waals surface area (Å²) in [6.45, 7) is 6.36. The third kappa shape index (κ3) is 2.67. The molecule has 4 heteroatoms. The van der Waals surface area contributed by atoms with Gasteiger partial charge in [0.15, 0.2) is 0 Å². The molecule has 4 nitrogen and oxygen atoms in total. The second-order valence-corrected chi connectivity index (χ2v) is 5.72. The van der Waals surface area contributed by atoms with Crippen molar-refractivity contribution in [3.05, 3.63) is 23.3 Å². The maximum Gasteiger partial charge on any atom is 0.337 e. The average Bonchev–Trinajstić information content (AvgIpc) is 2.65. The fourth-order valence-corrected chi connectivity index (χ4v) is 2.84. The van der Waals surface area contributed by atoms with Crippen LogP contribution in [0.15, 0.2) is 12.1 Å². The van der Waals surface area contributed by atoms with E-state index in [0.29, 0.717) is 23.6 Å². The van der Waals surface area contributed by atoms with E-state index in [1.807, 2.05) is 13.0 Å². The number of hydrogen-bond acceptors (Lipinski definition) is 3. The van der Waals surface area contributed by atoms with E-state index >= 15 is 0 Å². The Kier molecular flexibility index (Phi) is 3.69. The number of hydrogen-bond donors (Lipinski definition) is 3. The first-order chi connectivity index (χ1) is 8.90. The first kappa shape index (κ1) is 13.7. The van der Waals surface area contributed by atoms with E-state index < -0.39 is 5.97 Å². The highest BCUT2D eigenvalue weighted by Crippen LogP contribution is 2.34. The summed E-state index contributed by atoms with van der Waals surface area (Å²) in [5.41, 5.74) is 8.00. The molecule has 1 saturated carbocycles. The van der Waals surface area contributed by atoms with Crippen molar-refractivity contribution in [3.8, 4) is 0 Å². The summed E-state index contributed by atoms with van der Waals surface area (Å²) < 4.78 is 0. The van der Waals surface area contributed by atoms with E-state index in [4.69, 9.17) is 10.8 Å². The van der Waals surface area contributed by atoms with Gasteiger partial charge in [0.05, 0.1) is 5.56 Å². The maximum atomic E-state index is 11.2. The lowest BCUT2D eigenvalue weighted by molar-refractivity contribution is 0.0698. The van der Waals surface area contributed by atoms with Crippen LogP contribution in [-0.4, -0.2) is 17.1 Å². The van der Waals surface area contributed by atoms with E-state index in [-0.39, 0.29) is 5.56 Å². The SMILES string of the molecule is Cc1cc(NC2CCC(C)C2C)cc(C(=O)O)c1N. The van der Waals surface area contributed by atoms with E-state index in [1.165, 1.54) is 6.42 Å². The fraction of sp³-hybridized carbons (Fsp3) is 0.533. The van der Waals surface area contributed by atoms with Crippen molar-refractivity contribution in [3.63, 3.8) is 0 Å². The van der Waals surface area contributed by atoms with Crippen LogP contribution in [0.1, 0.15) is 42.6 Å². The van der Waals surface area contributed by atoms with Crippen molar-refractivity contribution in [2.24, 2.45) is 11.8 Å². The monoisotopic (exact) mass is 262 g/mol. The molecule has 0 amide bonds. The van der Waals surface area contributed by atoms with Crippen LogP contribution in [0.25, 0.3) is 0 Å². The molecule has 1 aliphatic rings. The van der Waals surface area contributed by atoms with Gasteiger partial charge in [-0.05, 0) is 49.3 Å². The van der Waals surface area contributed by atoms with Crippen LogP contribution in [0.3, 0.4) is 0 Å². The molecule has 0 radical (unpaired) electrons. The summed E-state index contributed by atoms with van der Waals surface area (Å²) in [4.78, 5) is 11.2. The maximum absolute atomic E-state index is 11.2. The van der Waals surface area contributed by atoms with Gasteiger partial charge in [-0.2, -0.15) is 0 Å². The fourth-order valence-electron chi connectivity index (χ4n) is 2.84. The molecule has 0 saturated heterocycles. The summed E-state index contributed by atoms with van der Waals surface area (Å²) in [5, 5.41) is 12.6. The lowest BCUT2D eigenvalue weighted by Gasteiger charge is -2.22. The number of carboxylic acid groups (broad SMARTS) is 1. The Morgan fingerprint density at radius 2 is 2.05 bits per heavy atom. The quantitative estimate of drug-likeness (QED) is 0.732. The van der Waals surface area contributed by atoms with Crippen LogP contribution in [-0.2, 0) is 0 Å². The van der Waals surface area contributed by atoms with Gasteiger partial charge in [0, 0.05) is 17.4 Å². The zero-order valence-corrected chi connectivity index (χ0v) is 11.7. The second-order valence-electron chi connectivity index (χ2n) is 5.72. The van der Waals surface area contributed by atoms with Crippen LogP contribution >= 0.6 is 0 Å². The topological polar surface area (TPSA) is 75.3 Å². The first-order valence-electron chi connectivity index (χ1n) is 6.80. The zero-order chi connectivity index (χ0) is 14.2. The van der Waals surface area contributed by atoms with Crippen LogP contribution < -0.4 is 11.1 Å². The van der Waals surface area contributed by atoms with Gasteiger partial charge < -0.3 is 16.2 Å². The Balaban J connectivity index is 2.24. The third-order valence-corrected chi connectivity index (χ3v) is 4.43. The van der Waals surface area contributed by atoms with Gasteiger partial charge in [-0.25, -0.2) is 4.79 Å². The molecule has 1 aromatic rings. The minimum atomic E-state index is -0.975. The minimum Gasteiger partial charge on any atom is -0.478 e. The summed E-state index contributed by atoms with van der Waals surface area (Å²) in [6.07, 6.45) is 2.35. The average molecular weight is 262 g/mol. The summed E-state index contributed by atoms with van der Waals surface area (Å²) >= 11 is 0. The van der Waals surface area contributed by atoms with Gasteiger partial charge in [-0.3, -0.25) is 0 Å². The largest absolute Gasteiger partial charge is 0.478 e. The zero-order valence-electron chi connectivity index (χ0n) is 11.7. The highest BCUT2D eigenvalue weighted by Gasteiger charge is 2.29. The van der Waals surface area contributed by atoms with E-state index in [9.17, 15) is 4.79 Å². The predicted octanol–water partition coefficient (Wildman–Crippen LogP) is 3.12. The number of aromatic carboxylic acids is 1. The van der Waals surface area contributed by atoms with Crippen molar-refractivity contribution in [1.29, 1.82) is 0 Å². The Hall–Kier alpha value is -1.71. The number of anilines is 2. The Morgan fingerprint density at radius 3 is 2.58 bits per heavy atom. The lowest BCUT2D eigenvalue weighted by Crippen LogP contribution is -2.24. The molecule has 1 fully saturated rings. The molecule has 0 bridgehead atoms. The molecule has 3 atom stereocenters. The van der Waals surface area contributed by atoms with E-state index in [1.54, 1.807) is 6.07 Å². The van der Waals surface area contributed by atoms with Gasteiger partial charge in [0.2, 0.25) is 0 Å². The summed E-state index contributed by atoms with van der Waals surface area (Å²) in [5.74, 6) is 0.342. The smallest absolute Gasteiger partial charge is 0.337 e. The van der Waals surface area contributed by atoms with Crippen molar-refractivity contribution in [2.75, 3.05) is 11.1 Å². The van der Waals surface area contributed by atoms with Gasteiger partial charge >= 0.3 is 5.97 Å². The van der Waals surface area contributed by atoms with E-state index in [2.05, 4.69) is 19.2 Å². The number of nitrogen functional groups attached to an aromatic ring is 1. The predicted molar refractivity (Wildman–Crippen MR) is 77.5 cm³/mol. The molecule has 4 N–H and O–H groups in total. The third-order valence-electron chi connectivity index (χ3n) is 4.43. The molecule has 0 aromatic heterocycles. The second kappa shape index (κ2) is 5.11. The summed E-state index contributed by atoms with van der Waals surface area (Å²) in [6, 6.07) is 3.98. The Labute approximate surface area is 114 Å². The van der Waals surface area contributed by atoms with Gasteiger partial charge in [-0.15, -0.1) is 0 Å². The number of benzene rings is 1. The molecule has 19 heavy (non-hydrogen) atoms. The van der Waals surface area contributed by atoms with Gasteiger partial charge in [0.25, 0.3) is 0 Å². The Bertz CT molecular complexity index is 499. The molecule has 1 aliphatic carbocycles. The summed E-state index contributed by atoms with van der Waals surface area (Å²) in [7, 11) is 0. The molecule has 3 unspecified atom stereocenters. The molecule has 0 aliphatic heterocycles. The van der Waals surface area contributed by atoms with Crippen LogP contribution in [0.5, 0.6) is 0 Å². The highest BCUT2D eigenvalue weighted by molar-refractivity contribution is 5.95. The first-order valence-corrected chi connectivity index (χ1v) is 6.80. The Morgan fingerprint density at radius 1 is 1.37 bits per heavy atom. The molecule has 2 rings (SSSR count). The van der Waals surface area contributed by atoms with Crippen molar-refractivity contribution < 1.29 is 9.90 Å². The van der Waals surface area contributed by atoms with Gasteiger partial charge in [-0.1, -0.05) is 13.8 Å². The number of carbonyl (C=O) groups is 1. The molecule has 0 spiro atoms. The minimum absolute atomic E-state index is 0.182. The van der Waals surface area contributed by atoms with Crippen LogP contribution in [0.2, 0.25) is 0 Å². The van der Waals surface area contributed by atoms with Crippen molar-refractivity contribution in [2.45, 2.75) is 39.7 Å². The lowest BCUT2D eigenvalue weighted by atomic mass is 9.97. The molecular weight excluding hydrogens is 240 g/mol. The molecule has 1 aromatic carbocycles. The molecule has 104 valence electrons.